The number of benzene rings is 2. The molecule has 1 fully saturated rings. The number of aromatic nitrogens is 1. The van der Waals surface area contributed by atoms with E-state index in [1.165, 1.54) is 0 Å². The van der Waals surface area contributed by atoms with Crippen molar-refractivity contribution in [1.29, 1.82) is 0 Å². The lowest BCUT2D eigenvalue weighted by Crippen LogP contribution is -2.37. The summed E-state index contributed by atoms with van der Waals surface area (Å²) in [5.41, 5.74) is 1.68. The smallest absolute Gasteiger partial charge is 0.165 e. The zero-order chi connectivity index (χ0) is 24.5. The predicted octanol–water partition coefficient (Wildman–Crippen LogP) is 6.01. The first-order valence-corrected chi connectivity index (χ1v) is 12.5. The summed E-state index contributed by atoms with van der Waals surface area (Å²) in [7, 11) is 1.61. The van der Waals surface area contributed by atoms with Gasteiger partial charge in [0.1, 0.15) is 5.75 Å². The van der Waals surface area contributed by atoms with Crippen LogP contribution in [0.1, 0.15) is 38.2 Å². The lowest BCUT2D eigenvalue weighted by molar-refractivity contribution is 0.0357. The number of nitrogens with zero attached hydrogens (tertiary/aromatic N) is 2. The molecule has 7 heteroatoms. The van der Waals surface area contributed by atoms with E-state index in [-0.39, 0.29) is 11.6 Å². The van der Waals surface area contributed by atoms with Gasteiger partial charge in [-0.25, -0.2) is 4.39 Å². The van der Waals surface area contributed by atoms with E-state index >= 15 is 0 Å². The van der Waals surface area contributed by atoms with Gasteiger partial charge < -0.3 is 18.9 Å². The fourth-order valence-corrected chi connectivity index (χ4v) is 4.27. The second kappa shape index (κ2) is 12.7. The highest BCUT2D eigenvalue weighted by Gasteiger charge is 2.15. The molecule has 0 atom stereocenters. The van der Waals surface area contributed by atoms with Gasteiger partial charge in [-0.05, 0) is 49.1 Å². The minimum atomic E-state index is -0.365. The first kappa shape index (κ1) is 25.2. The lowest BCUT2D eigenvalue weighted by Gasteiger charge is -2.26. The van der Waals surface area contributed by atoms with Gasteiger partial charge in [0, 0.05) is 37.3 Å². The maximum absolute atomic E-state index is 14.8. The molecule has 1 aliphatic heterocycles. The van der Waals surface area contributed by atoms with E-state index < -0.39 is 0 Å². The Hall–Kier alpha value is -2.90. The van der Waals surface area contributed by atoms with Gasteiger partial charge in [-0.2, -0.15) is 0 Å². The molecule has 1 aliphatic rings. The van der Waals surface area contributed by atoms with Crippen LogP contribution in [0.4, 0.5) is 4.39 Å². The molecule has 2 aromatic carbocycles. The molecule has 1 saturated heterocycles. The zero-order valence-corrected chi connectivity index (χ0v) is 20.7. The molecule has 0 bridgehead atoms. The van der Waals surface area contributed by atoms with E-state index in [9.17, 15) is 4.39 Å². The number of morpholine rings is 1. The Morgan fingerprint density at radius 1 is 0.971 bits per heavy atom. The quantitative estimate of drug-likeness (QED) is 0.295. The van der Waals surface area contributed by atoms with Crippen LogP contribution in [0.2, 0.25) is 0 Å². The second-order valence-corrected chi connectivity index (χ2v) is 8.81. The number of ether oxygens (including phenoxy) is 4. The Morgan fingerprint density at radius 3 is 2.60 bits per heavy atom. The first-order valence-electron chi connectivity index (χ1n) is 12.5. The number of fused-ring (bicyclic) bond motifs is 1. The van der Waals surface area contributed by atoms with Gasteiger partial charge >= 0.3 is 0 Å². The number of methoxy groups -OCH3 is 1. The van der Waals surface area contributed by atoms with Crippen LogP contribution in [0.25, 0.3) is 10.9 Å². The molecule has 0 unspecified atom stereocenters. The molecule has 0 aliphatic carbocycles. The lowest BCUT2D eigenvalue weighted by atomic mass is 10.1. The number of halogens is 1. The van der Waals surface area contributed by atoms with Gasteiger partial charge in [0.05, 0.1) is 32.4 Å². The van der Waals surface area contributed by atoms with E-state index in [1.807, 2.05) is 18.2 Å². The summed E-state index contributed by atoms with van der Waals surface area (Å²) in [6.45, 7) is 7.23. The molecule has 4 rings (SSSR count). The van der Waals surface area contributed by atoms with Crippen molar-refractivity contribution in [3.8, 4) is 23.0 Å². The third kappa shape index (κ3) is 6.83. The topological polar surface area (TPSA) is 53.1 Å². The number of aryl methyl sites for hydroxylation is 1. The van der Waals surface area contributed by atoms with Crippen molar-refractivity contribution in [2.24, 2.45) is 0 Å². The number of hydrogen-bond donors (Lipinski definition) is 0. The Bertz CT molecular complexity index is 1100. The monoisotopic (exact) mass is 482 g/mol. The van der Waals surface area contributed by atoms with E-state index in [2.05, 4.69) is 16.8 Å². The van der Waals surface area contributed by atoms with Crippen LogP contribution in [0.15, 0.2) is 42.6 Å². The number of unbranched alkanes of at least 4 members (excludes halogenated alkanes) is 2. The van der Waals surface area contributed by atoms with Crippen molar-refractivity contribution in [1.82, 2.24) is 9.88 Å². The fourth-order valence-electron chi connectivity index (χ4n) is 4.27. The molecule has 0 amide bonds. The molecule has 0 spiro atoms. The third-order valence-electron chi connectivity index (χ3n) is 6.25. The summed E-state index contributed by atoms with van der Waals surface area (Å²) in [5.74, 6) is 1.57. The molecular formula is C28H35FN2O4. The van der Waals surface area contributed by atoms with E-state index in [1.54, 1.807) is 31.5 Å². The summed E-state index contributed by atoms with van der Waals surface area (Å²) >= 11 is 0. The average molecular weight is 483 g/mol. The van der Waals surface area contributed by atoms with Gasteiger partial charge in [0.25, 0.3) is 0 Å². The number of hydrogen-bond acceptors (Lipinski definition) is 6. The highest BCUT2D eigenvalue weighted by atomic mass is 19.1. The van der Waals surface area contributed by atoms with Crippen molar-refractivity contribution in [2.75, 3.05) is 46.6 Å². The summed E-state index contributed by atoms with van der Waals surface area (Å²) in [6, 6.07) is 10.6. The largest absolute Gasteiger partial charge is 0.493 e. The van der Waals surface area contributed by atoms with Gasteiger partial charge in [-0.15, -0.1) is 0 Å². The van der Waals surface area contributed by atoms with E-state index in [0.29, 0.717) is 29.4 Å². The molecule has 188 valence electrons. The first-order chi connectivity index (χ1) is 17.2. The molecule has 3 aromatic rings. The van der Waals surface area contributed by atoms with Crippen molar-refractivity contribution in [3.63, 3.8) is 0 Å². The highest BCUT2D eigenvalue weighted by Crippen LogP contribution is 2.37. The van der Waals surface area contributed by atoms with Crippen LogP contribution in [-0.2, 0) is 11.2 Å². The third-order valence-corrected chi connectivity index (χ3v) is 6.25. The van der Waals surface area contributed by atoms with Crippen LogP contribution in [0.3, 0.4) is 0 Å². The Balaban J connectivity index is 1.45. The molecule has 35 heavy (non-hydrogen) atoms. The summed E-state index contributed by atoms with van der Waals surface area (Å²) in [6.07, 6.45) is 6.78. The maximum atomic E-state index is 14.8. The minimum Gasteiger partial charge on any atom is -0.493 e. The van der Waals surface area contributed by atoms with Crippen molar-refractivity contribution < 1.29 is 23.3 Å². The standard InChI is InChI=1S/C28H35FN2O4/c1-3-4-5-7-21-8-9-26(23(29)18-21)35-25-10-11-30-24-20-28(27(32-2)19-22(24)25)34-15-6-12-31-13-16-33-17-14-31/h8-11,18-20H,3-7,12-17H2,1-2H3. The Kier molecular flexibility index (Phi) is 9.15. The van der Waals surface area contributed by atoms with Crippen LogP contribution < -0.4 is 14.2 Å². The minimum absolute atomic E-state index is 0.194. The summed E-state index contributed by atoms with van der Waals surface area (Å²) < 4.78 is 37.8. The van der Waals surface area contributed by atoms with Gasteiger partial charge in [-0.3, -0.25) is 9.88 Å². The van der Waals surface area contributed by atoms with Gasteiger partial charge in [-0.1, -0.05) is 25.8 Å². The van der Waals surface area contributed by atoms with Gasteiger partial charge in [0.15, 0.2) is 23.1 Å². The maximum Gasteiger partial charge on any atom is 0.165 e. The van der Waals surface area contributed by atoms with Gasteiger partial charge in [0.2, 0.25) is 0 Å². The molecular weight excluding hydrogens is 447 g/mol. The van der Waals surface area contributed by atoms with Crippen molar-refractivity contribution in [2.45, 2.75) is 39.0 Å². The predicted molar refractivity (Wildman–Crippen MR) is 135 cm³/mol. The normalized spacial score (nSPS) is 14.3. The van der Waals surface area contributed by atoms with Crippen LogP contribution in [0, 0.1) is 5.82 Å². The SMILES string of the molecule is CCCCCc1ccc(Oc2ccnc3cc(OCCCN4CCOCC4)c(OC)cc23)c(F)c1. The van der Waals surface area contributed by atoms with Crippen molar-refractivity contribution >= 4 is 10.9 Å². The Morgan fingerprint density at radius 2 is 1.83 bits per heavy atom. The van der Waals surface area contributed by atoms with Crippen LogP contribution in [-0.4, -0.2) is 56.4 Å². The summed E-state index contributed by atoms with van der Waals surface area (Å²) in [4.78, 5) is 6.85. The zero-order valence-electron chi connectivity index (χ0n) is 20.7. The van der Waals surface area contributed by atoms with Crippen molar-refractivity contribution in [3.05, 3.63) is 54.0 Å². The molecule has 0 radical (unpaired) electrons. The average Bonchev–Trinajstić information content (AvgIpc) is 2.88. The van der Waals surface area contributed by atoms with E-state index in [4.69, 9.17) is 18.9 Å². The van der Waals surface area contributed by atoms with Crippen LogP contribution >= 0.6 is 0 Å². The highest BCUT2D eigenvalue weighted by molar-refractivity contribution is 5.88. The van der Waals surface area contributed by atoms with E-state index in [0.717, 1.165) is 75.9 Å². The second-order valence-electron chi connectivity index (χ2n) is 8.81. The fraction of sp³-hybridized carbons (Fsp3) is 0.464. The summed E-state index contributed by atoms with van der Waals surface area (Å²) in [5, 5.41) is 0.733. The Labute approximate surface area is 207 Å². The molecule has 2 heterocycles. The molecule has 0 N–H and O–H groups in total. The molecule has 0 saturated carbocycles. The molecule has 1 aromatic heterocycles. The number of rotatable bonds is 12. The number of pyridine rings is 1. The molecule has 6 nitrogen and oxygen atoms in total. The van der Waals surface area contributed by atoms with Crippen LogP contribution in [0.5, 0.6) is 23.0 Å².